The van der Waals surface area contributed by atoms with Crippen LogP contribution >= 0.6 is 0 Å². The number of nitrogens with one attached hydrogen (secondary N) is 2. The van der Waals surface area contributed by atoms with Gasteiger partial charge in [-0.2, -0.15) is 13.2 Å². The van der Waals surface area contributed by atoms with Gasteiger partial charge in [0, 0.05) is 6.61 Å². The lowest BCUT2D eigenvalue weighted by Crippen LogP contribution is -2.39. The third-order valence-corrected chi connectivity index (χ3v) is 3.44. The van der Waals surface area contributed by atoms with Crippen LogP contribution in [0.1, 0.15) is 29.3 Å². The molecule has 0 spiro atoms. The minimum absolute atomic E-state index is 0.132. The number of hydrogen-bond acceptors (Lipinski definition) is 4. The van der Waals surface area contributed by atoms with Crippen LogP contribution < -0.4 is 16.6 Å². The average Bonchev–Trinajstić information content (AvgIpc) is 2.82. The van der Waals surface area contributed by atoms with Crippen molar-refractivity contribution in [3.63, 3.8) is 0 Å². The zero-order valence-electron chi connectivity index (χ0n) is 11.3. The molecule has 4 N–H and O–H groups in total. The molecule has 116 valence electrons. The number of carbonyl (C=O) groups is 1. The van der Waals surface area contributed by atoms with Crippen molar-refractivity contribution in [3.8, 4) is 0 Å². The Hall–Kier alpha value is -1.80. The van der Waals surface area contributed by atoms with Gasteiger partial charge in [-0.25, -0.2) is 0 Å². The van der Waals surface area contributed by atoms with E-state index in [1.807, 2.05) is 0 Å². The van der Waals surface area contributed by atoms with E-state index >= 15 is 0 Å². The minimum Gasteiger partial charge on any atom is -0.376 e. The maximum atomic E-state index is 12.7. The number of nitrogen functional groups attached to an aromatic ring is 1. The van der Waals surface area contributed by atoms with Crippen molar-refractivity contribution in [3.05, 3.63) is 29.3 Å². The maximum Gasteiger partial charge on any atom is 0.416 e. The summed E-state index contributed by atoms with van der Waals surface area (Å²) in [6, 6.07) is 2.56. The standard InChI is InChI=1S/C13H16F3N3O2/c1-7-10(4-5-21-7)18-12(20)9-6-8(13(14,15)16)2-3-11(9)19-17/h2-3,6-7,10,19H,4-5,17H2,1H3,(H,18,20). The number of rotatable bonds is 3. The van der Waals surface area contributed by atoms with Gasteiger partial charge in [-0.15, -0.1) is 0 Å². The number of benzene rings is 1. The second-order valence-electron chi connectivity index (χ2n) is 4.85. The molecule has 2 unspecified atom stereocenters. The first kappa shape index (κ1) is 15.6. The van der Waals surface area contributed by atoms with Gasteiger partial charge in [0.05, 0.1) is 29.0 Å². The normalized spacial score (nSPS) is 22.1. The molecule has 1 aliphatic rings. The largest absolute Gasteiger partial charge is 0.416 e. The third kappa shape index (κ3) is 3.45. The van der Waals surface area contributed by atoms with Crippen molar-refractivity contribution in [2.75, 3.05) is 12.0 Å². The van der Waals surface area contributed by atoms with Crippen LogP contribution in [0.3, 0.4) is 0 Å². The Morgan fingerprint density at radius 1 is 1.43 bits per heavy atom. The summed E-state index contributed by atoms with van der Waals surface area (Å²) in [4.78, 5) is 12.2. The number of halogens is 3. The summed E-state index contributed by atoms with van der Waals surface area (Å²) in [5.74, 6) is 4.63. The van der Waals surface area contributed by atoms with Gasteiger partial charge in [-0.05, 0) is 31.5 Å². The number of nitrogens with two attached hydrogens (primary N) is 1. The molecule has 1 aromatic carbocycles. The van der Waals surface area contributed by atoms with Crippen LogP contribution in [-0.4, -0.2) is 24.7 Å². The Labute approximate surface area is 119 Å². The van der Waals surface area contributed by atoms with Gasteiger partial charge < -0.3 is 15.5 Å². The van der Waals surface area contributed by atoms with Crippen molar-refractivity contribution in [2.24, 2.45) is 5.84 Å². The monoisotopic (exact) mass is 303 g/mol. The molecule has 0 aromatic heterocycles. The third-order valence-electron chi connectivity index (χ3n) is 3.44. The van der Waals surface area contributed by atoms with E-state index in [2.05, 4.69) is 10.7 Å². The molecule has 1 amide bonds. The second-order valence-corrected chi connectivity index (χ2v) is 4.85. The Balaban J connectivity index is 2.25. The van der Waals surface area contributed by atoms with Crippen LogP contribution in [0.5, 0.6) is 0 Å². The summed E-state index contributed by atoms with van der Waals surface area (Å²) in [5.41, 5.74) is 1.32. The van der Waals surface area contributed by atoms with Gasteiger partial charge in [0.2, 0.25) is 0 Å². The predicted molar refractivity (Wildman–Crippen MR) is 70.5 cm³/mol. The number of amides is 1. The molecule has 0 aliphatic carbocycles. The van der Waals surface area contributed by atoms with Crippen molar-refractivity contribution < 1.29 is 22.7 Å². The highest BCUT2D eigenvalue weighted by Crippen LogP contribution is 2.31. The molecule has 1 aliphatic heterocycles. The summed E-state index contributed by atoms with van der Waals surface area (Å²) in [6.07, 6.45) is -4.07. The van der Waals surface area contributed by atoms with Gasteiger partial charge in [0.25, 0.3) is 5.91 Å². The summed E-state index contributed by atoms with van der Waals surface area (Å²) in [5, 5.41) is 2.67. The van der Waals surface area contributed by atoms with E-state index in [0.717, 1.165) is 18.2 Å². The van der Waals surface area contributed by atoms with Crippen molar-refractivity contribution >= 4 is 11.6 Å². The zero-order chi connectivity index (χ0) is 15.6. The van der Waals surface area contributed by atoms with Gasteiger partial charge >= 0.3 is 6.18 Å². The summed E-state index contributed by atoms with van der Waals surface area (Å²) in [7, 11) is 0. The molecule has 2 rings (SSSR count). The van der Waals surface area contributed by atoms with E-state index in [1.165, 1.54) is 0 Å². The van der Waals surface area contributed by atoms with E-state index < -0.39 is 17.6 Å². The Kier molecular flexibility index (Phi) is 4.38. The highest BCUT2D eigenvalue weighted by atomic mass is 19.4. The van der Waals surface area contributed by atoms with Crippen LogP contribution in [0.15, 0.2) is 18.2 Å². The lowest BCUT2D eigenvalue weighted by atomic mass is 10.1. The number of alkyl halides is 3. The first-order valence-electron chi connectivity index (χ1n) is 6.43. The van der Waals surface area contributed by atoms with Crippen molar-refractivity contribution in [1.82, 2.24) is 5.32 Å². The van der Waals surface area contributed by atoms with E-state index in [-0.39, 0.29) is 23.4 Å². The molecule has 0 saturated carbocycles. The Bertz CT molecular complexity index is 534. The van der Waals surface area contributed by atoms with E-state index in [0.29, 0.717) is 13.0 Å². The van der Waals surface area contributed by atoms with Crippen LogP contribution in [0.2, 0.25) is 0 Å². The van der Waals surface area contributed by atoms with Crippen LogP contribution in [-0.2, 0) is 10.9 Å². The fraction of sp³-hybridized carbons (Fsp3) is 0.462. The van der Waals surface area contributed by atoms with E-state index in [1.54, 1.807) is 6.92 Å². The van der Waals surface area contributed by atoms with Crippen molar-refractivity contribution in [1.29, 1.82) is 0 Å². The number of ether oxygens (including phenoxy) is 1. The van der Waals surface area contributed by atoms with Gasteiger partial charge in [-0.3, -0.25) is 10.6 Å². The summed E-state index contributed by atoms with van der Waals surface area (Å²) >= 11 is 0. The molecule has 1 fully saturated rings. The quantitative estimate of drug-likeness (QED) is 0.589. The number of carbonyl (C=O) groups excluding carboxylic acids is 1. The molecule has 0 bridgehead atoms. The van der Waals surface area contributed by atoms with Crippen LogP contribution in [0.4, 0.5) is 18.9 Å². The summed E-state index contributed by atoms with van der Waals surface area (Å²) < 4.78 is 43.5. The zero-order valence-corrected chi connectivity index (χ0v) is 11.3. The highest BCUT2D eigenvalue weighted by molar-refractivity contribution is 6.00. The number of hydrazine groups is 1. The molecule has 8 heteroatoms. The Morgan fingerprint density at radius 3 is 2.67 bits per heavy atom. The first-order valence-corrected chi connectivity index (χ1v) is 6.43. The fourth-order valence-electron chi connectivity index (χ4n) is 2.20. The van der Waals surface area contributed by atoms with E-state index in [9.17, 15) is 18.0 Å². The highest BCUT2D eigenvalue weighted by Gasteiger charge is 2.32. The molecule has 21 heavy (non-hydrogen) atoms. The van der Waals surface area contributed by atoms with Crippen LogP contribution in [0.25, 0.3) is 0 Å². The van der Waals surface area contributed by atoms with Gasteiger partial charge in [0.1, 0.15) is 0 Å². The SMILES string of the molecule is CC1OCCC1NC(=O)c1cc(C(F)(F)F)ccc1NN. The Morgan fingerprint density at radius 2 is 2.14 bits per heavy atom. The lowest BCUT2D eigenvalue weighted by molar-refractivity contribution is -0.137. The average molecular weight is 303 g/mol. The van der Waals surface area contributed by atoms with E-state index in [4.69, 9.17) is 10.6 Å². The molecule has 1 saturated heterocycles. The number of hydrogen-bond donors (Lipinski definition) is 3. The molecule has 0 radical (unpaired) electrons. The lowest BCUT2D eigenvalue weighted by Gasteiger charge is -2.18. The molecular formula is C13H16F3N3O2. The summed E-state index contributed by atoms with van der Waals surface area (Å²) in [6.45, 7) is 2.31. The first-order chi connectivity index (χ1) is 9.82. The topological polar surface area (TPSA) is 76.4 Å². The molecule has 1 heterocycles. The molecule has 5 nitrogen and oxygen atoms in total. The molecule has 2 atom stereocenters. The predicted octanol–water partition coefficient (Wildman–Crippen LogP) is 1.90. The van der Waals surface area contributed by atoms with Crippen molar-refractivity contribution in [2.45, 2.75) is 31.7 Å². The second kappa shape index (κ2) is 5.90. The van der Waals surface area contributed by atoms with Gasteiger partial charge in [0.15, 0.2) is 0 Å². The number of anilines is 1. The minimum atomic E-state index is -4.52. The molecular weight excluding hydrogens is 287 g/mol. The van der Waals surface area contributed by atoms with Gasteiger partial charge in [-0.1, -0.05) is 0 Å². The fourth-order valence-corrected chi connectivity index (χ4v) is 2.20. The van der Waals surface area contributed by atoms with Crippen LogP contribution in [0, 0.1) is 0 Å². The smallest absolute Gasteiger partial charge is 0.376 e. The molecule has 1 aromatic rings. The maximum absolute atomic E-state index is 12.7.